The largest absolute Gasteiger partial charge is 0.496 e. The topological polar surface area (TPSA) is 55.8 Å². The lowest BCUT2D eigenvalue weighted by Crippen LogP contribution is -2.05. The van der Waals surface area contributed by atoms with Gasteiger partial charge in [0, 0.05) is 5.92 Å². The van der Waals surface area contributed by atoms with Crippen molar-refractivity contribution in [1.29, 1.82) is 0 Å². The molecule has 0 saturated heterocycles. The summed E-state index contributed by atoms with van der Waals surface area (Å²) in [7, 11) is 1.71. The van der Waals surface area contributed by atoms with Gasteiger partial charge >= 0.3 is 5.97 Å². The Morgan fingerprint density at radius 1 is 1.06 bits per heavy atom. The average Bonchev–Trinajstić information content (AvgIpc) is 3.37. The summed E-state index contributed by atoms with van der Waals surface area (Å²) in [4.78, 5) is 11.3. The summed E-state index contributed by atoms with van der Waals surface area (Å²) in [6, 6.07) is 16.6. The van der Waals surface area contributed by atoms with E-state index in [9.17, 15) is 9.90 Å². The second-order valence-corrected chi connectivity index (χ2v) is 9.08. The fourth-order valence-corrected chi connectivity index (χ4v) is 5.55. The molecule has 0 unspecified atom stereocenters. The van der Waals surface area contributed by atoms with Crippen LogP contribution in [0.25, 0.3) is 11.1 Å². The quantitative estimate of drug-likeness (QED) is 0.536. The molecule has 3 atom stereocenters. The van der Waals surface area contributed by atoms with E-state index in [1.54, 1.807) is 7.11 Å². The lowest BCUT2D eigenvalue weighted by Gasteiger charge is -2.18. The van der Waals surface area contributed by atoms with Crippen LogP contribution in [-0.4, -0.2) is 18.2 Å². The number of ether oxygens (including phenoxy) is 2. The van der Waals surface area contributed by atoms with Crippen molar-refractivity contribution in [3.63, 3.8) is 0 Å². The van der Waals surface area contributed by atoms with Crippen molar-refractivity contribution >= 4 is 5.97 Å². The molecule has 164 valence electrons. The van der Waals surface area contributed by atoms with Gasteiger partial charge in [0.2, 0.25) is 0 Å². The zero-order valence-corrected chi connectivity index (χ0v) is 18.9. The molecular weight excluding hydrogens is 400 g/mol. The molecule has 0 spiro atoms. The molecule has 2 aliphatic carbocycles. The van der Waals surface area contributed by atoms with Gasteiger partial charge < -0.3 is 14.6 Å². The highest BCUT2D eigenvalue weighted by Gasteiger charge is 2.59. The van der Waals surface area contributed by atoms with Crippen molar-refractivity contribution in [1.82, 2.24) is 0 Å². The minimum Gasteiger partial charge on any atom is -0.496 e. The van der Waals surface area contributed by atoms with Gasteiger partial charge in [0.15, 0.2) is 0 Å². The third-order valence-electron chi connectivity index (χ3n) is 7.34. The Bertz CT molecular complexity index is 1230. The summed E-state index contributed by atoms with van der Waals surface area (Å²) in [5, 5.41) is 9.31. The van der Waals surface area contributed by atoms with E-state index in [2.05, 4.69) is 57.2 Å². The lowest BCUT2D eigenvalue weighted by atomic mass is 9.90. The van der Waals surface area contributed by atoms with Crippen molar-refractivity contribution in [2.45, 2.75) is 39.7 Å². The van der Waals surface area contributed by atoms with Crippen LogP contribution < -0.4 is 9.47 Å². The monoisotopic (exact) mass is 428 g/mol. The Hall–Kier alpha value is -3.27. The van der Waals surface area contributed by atoms with Crippen molar-refractivity contribution in [2.24, 2.45) is 11.8 Å². The standard InChI is InChI=1S/C28H28O4/c1-15-8-11-24(31-4)17(3)25(15)21-7-5-6-18(16(21)2)14-32-20-9-10-22-19(12-20)13-23-26(22)27(23)28(29)30/h5-12,23,26-27H,13-14H2,1-4H3,(H,29,30)/t23-,26+,27+/m1/s1. The van der Waals surface area contributed by atoms with Crippen LogP contribution in [-0.2, 0) is 17.8 Å². The molecule has 0 radical (unpaired) electrons. The van der Waals surface area contributed by atoms with Crippen LogP contribution in [0.4, 0.5) is 0 Å². The zero-order valence-electron chi connectivity index (χ0n) is 18.9. The Morgan fingerprint density at radius 2 is 1.88 bits per heavy atom. The molecule has 0 amide bonds. The van der Waals surface area contributed by atoms with Crippen molar-refractivity contribution in [2.75, 3.05) is 7.11 Å². The number of aliphatic carboxylic acids is 1. The predicted molar refractivity (Wildman–Crippen MR) is 124 cm³/mol. The number of rotatable bonds is 6. The molecule has 0 aromatic heterocycles. The summed E-state index contributed by atoms with van der Waals surface area (Å²) in [6.07, 6.45) is 0.844. The molecule has 3 aromatic carbocycles. The maximum atomic E-state index is 11.3. The highest BCUT2D eigenvalue weighted by molar-refractivity contribution is 5.78. The van der Waals surface area contributed by atoms with Gasteiger partial charge in [-0.1, -0.05) is 30.3 Å². The zero-order chi connectivity index (χ0) is 22.6. The molecule has 32 heavy (non-hydrogen) atoms. The number of carboxylic acid groups (broad SMARTS) is 1. The van der Waals surface area contributed by atoms with Crippen LogP contribution >= 0.6 is 0 Å². The highest BCUT2D eigenvalue weighted by atomic mass is 16.5. The minimum absolute atomic E-state index is 0.191. The second-order valence-electron chi connectivity index (χ2n) is 9.08. The van der Waals surface area contributed by atoms with Crippen molar-refractivity contribution < 1.29 is 19.4 Å². The summed E-state index contributed by atoms with van der Waals surface area (Å²) in [6.45, 7) is 6.88. The number of benzene rings is 3. The van der Waals surface area contributed by atoms with Crippen molar-refractivity contribution in [3.05, 3.63) is 81.9 Å². The molecule has 1 fully saturated rings. The molecule has 5 rings (SSSR count). The van der Waals surface area contributed by atoms with E-state index in [1.807, 2.05) is 12.1 Å². The SMILES string of the molecule is COc1ccc(C)c(-c2cccc(COc3ccc4c(c3)C[C@H]3[C@H](C(=O)O)[C@@H]43)c2C)c1C. The third kappa shape index (κ3) is 3.26. The van der Waals surface area contributed by atoms with E-state index in [0.29, 0.717) is 6.61 Å². The molecule has 0 aliphatic heterocycles. The molecule has 3 aromatic rings. The fraction of sp³-hybridized carbons (Fsp3) is 0.321. The Balaban J connectivity index is 1.37. The number of carbonyl (C=O) groups is 1. The van der Waals surface area contributed by atoms with Crippen LogP contribution in [0.2, 0.25) is 0 Å². The van der Waals surface area contributed by atoms with Gasteiger partial charge in [-0.2, -0.15) is 0 Å². The first-order chi connectivity index (χ1) is 15.4. The summed E-state index contributed by atoms with van der Waals surface area (Å²) >= 11 is 0. The van der Waals surface area contributed by atoms with Gasteiger partial charge in [-0.15, -0.1) is 0 Å². The number of fused-ring (bicyclic) bond motifs is 3. The van der Waals surface area contributed by atoms with E-state index < -0.39 is 5.97 Å². The summed E-state index contributed by atoms with van der Waals surface area (Å²) < 4.78 is 11.7. The molecule has 4 heteroatoms. The molecular formula is C28H28O4. The fourth-order valence-electron chi connectivity index (χ4n) is 5.55. The number of hydrogen-bond acceptors (Lipinski definition) is 3. The molecule has 0 heterocycles. The van der Waals surface area contributed by atoms with Gasteiger partial charge in [0.05, 0.1) is 13.0 Å². The highest BCUT2D eigenvalue weighted by Crippen LogP contribution is 2.61. The van der Waals surface area contributed by atoms with Gasteiger partial charge in [-0.05, 0) is 95.8 Å². The molecule has 4 nitrogen and oxygen atoms in total. The van der Waals surface area contributed by atoms with Crippen LogP contribution in [0.1, 0.15) is 39.3 Å². The van der Waals surface area contributed by atoms with E-state index in [4.69, 9.17) is 9.47 Å². The molecule has 0 bridgehead atoms. The average molecular weight is 429 g/mol. The maximum absolute atomic E-state index is 11.3. The number of aryl methyl sites for hydroxylation is 1. The van der Waals surface area contributed by atoms with E-state index in [1.165, 1.54) is 33.4 Å². The lowest BCUT2D eigenvalue weighted by molar-refractivity contribution is -0.139. The maximum Gasteiger partial charge on any atom is 0.307 e. The Kier molecular flexibility index (Phi) is 4.96. The van der Waals surface area contributed by atoms with E-state index in [-0.39, 0.29) is 17.8 Å². The van der Waals surface area contributed by atoms with Gasteiger partial charge in [-0.3, -0.25) is 4.79 Å². The molecule has 1 saturated carbocycles. The van der Waals surface area contributed by atoms with E-state index in [0.717, 1.165) is 29.0 Å². The molecule has 1 N–H and O–H groups in total. The first-order valence-corrected chi connectivity index (χ1v) is 11.1. The van der Waals surface area contributed by atoms with Gasteiger partial charge in [0.1, 0.15) is 18.1 Å². The van der Waals surface area contributed by atoms with Crippen LogP contribution in [0.15, 0.2) is 48.5 Å². The summed E-state index contributed by atoms with van der Waals surface area (Å²) in [5.41, 5.74) is 9.58. The summed E-state index contributed by atoms with van der Waals surface area (Å²) in [5.74, 6) is 1.35. The smallest absolute Gasteiger partial charge is 0.307 e. The Morgan fingerprint density at radius 3 is 2.62 bits per heavy atom. The predicted octanol–water partition coefficient (Wildman–Crippen LogP) is 5.84. The first-order valence-electron chi connectivity index (χ1n) is 11.1. The van der Waals surface area contributed by atoms with Crippen LogP contribution in [0.3, 0.4) is 0 Å². The normalized spacial score (nSPS) is 20.4. The first kappa shape index (κ1) is 20.6. The van der Waals surface area contributed by atoms with Gasteiger partial charge in [-0.25, -0.2) is 0 Å². The molecule has 2 aliphatic rings. The number of methoxy groups -OCH3 is 1. The number of hydrogen-bond donors (Lipinski definition) is 1. The second kappa shape index (κ2) is 7.70. The third-order valence-corrected chi connectivity index (χ3v) is 7.34. The Labute approximate surface area is 188 Å². The van der Waals surface area contributed by atoms with Crippen molar-refractivity contribution in [3.8, 4) is 22.6 Å². The van der Waals surface area contributed by atoms with Crippen LogP contribution in [0, 0.1) is 32.6 Å². The minimum atomic E-state index is -0.664. The van der Waals surface area contributed by atoms with Gasteiger partial charge in [0.25, 0.3) is 0 Å². The number of carboxylic acids is 1. The van der Waals surface area contributed by atoms with Crippen LogP contribution in [0.5, 0.6) is 11.5 Å². The van der Waals surface area contributed by atoms with E-state index >= 15 is 0 Å².